The number of fused-ring (bicyclic) bond motifs is 1. The number of aromatic nitrogens is 3. The van der Waals surface area contributed by atoms with Crippen molar-refractivity contribution in [2.75, 3.05) is 0 Å². The van der Waals surface area contributed by atoms with Crippen LogP contribution in [0.5, 0.6) is 5.75 Å². The first-order chi connectivity index (χ1) is 26.0. The number of hydrogen-bond donors (Lipinski definition) is 1. The summed E-state index contributed by atoms with van der Waals surface area (Å²) in [5, 5.41) is 11.3. The Morgan fingerprint density at radius 2 is 1.18 bits per heavy atom. The molecular weight excluding hydrogens is 854 g/mol. The van der Waals surface area contributed by atoms with Crippen molar-refractivity contribution in [1.82, 2.24) is 14.5 Å². The molecule has 0 spiro atoms. The summed E-state index contributed by atoms with van der Waals surface area (Å²) in [6.07, 6.45) is 1.88. The Morgan fingerprint density at radius 3 is 1.87 bits per heavy atom. The van der Waals surface area contributed by atoms with Gasteiger partial charge in [0, 0.05) is 38.5 Å². The Kier molecular flexibility index (Phi) is 10.2. The van der Waals surface area contributed by atoms with Gasteiger partial charge in [0.1, 0.15) is 11.6 Å². The first-order valence-electron chi connectivity index (χ1n) is 18.6. The molecule has 55 heavy (non-hydrogen) atoms. The fourth-order valence-corrected chi connectivity index (χ4v) is 7.12. The summed E-state index contributed by atoms with van der Waals surface area (Å²) in [5.74, 6) is 0.844. The molecule has 0 saturated carbocycles. The van der Waals surface area contributed by atoms with Crippen LogP contribution in [0.2, 0.25) is 0 Å². The van der Waals surface area contributed by atoms with Crippen LogP contribution in [0.1, 0.15) is 52.7 Å². The smallest absolute Gasteiger partial charge is 0.148 e. The van der Waals surface area contributed by atoms with Crippen molar-refractivity contribution >= 4 is 11.0 Å². The molecule has 4 nitrogen and oxygen atoms in total. The Morgan fingerprint density at radius 1 is 0.545 bits per heavy atom. The van der Waals surface area contributed by atoms with Gasteiger partial charge in [0.2, 0.25) is 0 Å². The number of para-hydroxylation sites is 2. The van der Waals surface area contributed by atoms with Crippen LogP contribution in [0, 0.1) is 6.07 Å². The largest absolute Gasteiger partial charge is 0.507 e. The number of aromatic hydroxyl groups is 1. The van der Waals surface area contributed by atoms with E-state index in [1.54, 1.807) is 6.07 Å². The third-order valence-corrected chi connectivity index (χ3v) is 10.2. The van der Waals surface area contributed by atoms with Gasteiger partial charge in [-0.15, -0.1) is 29.3 Å². The van der Waals surface area contributed by atoms with Gasteiger partial charge in [-0.3, -0.25) is 9.55 Å². The van der Waals surface area contributed by atoms with E-state index in [0.717, 1.165) is 61.4 Å². The van der Waals surface area contributed by atoms with Crippen molar-refractivity contribution in [1.29, 1.82) is 0 Å². The van der Waals surface area contributed by atoms with Gasteiger partial charge in [-0.1, -0.05) is 150 Å². The van der Waals surface area contributed by atoms with Crippen molar-refractivity contribution < 1.29 is 26.2 Å². The second-order valence-corrected chi connectivity index (χ2v) is 16.1. The maximum absolute atomic E-state index is 11.3. The van der Waals surface area contributed by atoms with Crippen LogP contribution < -0.4 is 0 Å². The third-order valence-electron chi connectivity index (χ3n) is 10.2. The quantitative estimate of drug-likeness (QED) is 0.169. The summed E-state index contributed by atoms with van der Waals surface area (Å²) in [6, 6.07) is 53.9. The Labute approximate surface area is 338 Å². The number of benzene rings is 6. The van der Waals surface area contributed by atoms with Crippen molar-refractivity contribution in [3.05, 3.63) is 169 Å². The average molecular weight is 898 g/mol. The van der Waals surface area contributed by atoms with E-state index < -0.39 is 0 Å². The van der Waals surface area contributed by atoms with Crippen LogP contribution >= 0.6 is 0 Å². The van der Waals surface area contributed by atoms with Gasteiger partial charge in [0.05, 0.1) is 22.3 Å². The molecule has 0 aliphatic carbocycles. The van der Waals surface area contributed by atoms with Crippen molar-refractivity contribution in [2.24, 2.45) is 0 Å². The van der Waals surface area contributed by atoms with E-state index in [4.69, 9.17) is 9.97 Å². The topological polar surface area (TPSA) is 50.9 Å². The second-order valence-electron chi connectivity index (χ2n) is 16.1. The molecule has 0 amide bonds. The van der Waals surface area contributed by atoms with Crippen molar-refractivity contribution in [3.63, 3.8) is 0 Å². The van der Waals surface area contributed by atoms with Crippen LogP contribution in [0.15, 0.2) is 152 Å². The van der Waals surface area contributed by atoms with E-state index in [1.165, 1.54) is 11.1 Å². The monoisotopic (exact) mass is 897 g/mol. The number of nitrogens with zero attached hydrogens (tertiary/aromatic N) is 3. The molecule has 0 fully saturated rings. The van der Waals surface area contributed by atoms with Crippen molar-refractivity contribution in [3.8, 4) is 67.5 Å². The number of phenols is 1. The average Bonchev–Trinajstić information content (AvgIpc) is 3.57. The van der Waals surface area contributed by atoms with Crippen LogP contribution in [-0.2, 0) is 31.9 Å². The van der Waals surface area contributed by atoms with Crippen LogP contribution in [-0.4, -0.2) is 19.6 Å². The molecule has 2 heterocycles. The first-order valence-corrected chi connectivity index (χ1v) is 18.6. The summed E-state index contributed by atoms with van der Waals surface area (Å²) >= 11 is 0. The van der Waals surface area contributed by atoms with E-state index in [1.807, 2.05) is 36.5 Å². The van der Waals surface area contributed by atoms with E-state index >= 15 is 0 Å². The molecule has 2 aromatic heterocycles. The molecule has 0 saturated heterocycles. The van der Waals surface area contributed by atoms with Crippen LogP contribution in [0.4, 0.5) is 0 Å². The molecule has 0 unspecified atom stereocenters. The molecule has 0 atom stereocenters. The Balaban J connectivity index is 0.00000465. The summed E-state index contributed by atoms with van der Waals surface area (Å²) < 4.78 is 2.21. The number of hydrogen-bond acceptors (Lipinski definition) is 3. The third kappa shape index (κ3) is 7.44. The van der Waals surface area contributed by atoms with Gasteiger partial charge in [-0.25, -0.2) is 4.98 Å². The maximum Gasteiger partial charge on any atom is 0.148 e. The number of pyridine rings is 1. The number of phenolic OH excluding ortho intramolecular Hbond substituents is 1. The molecule has 1 N–H and O–H groups in total. The molecule has 8 aromatic rings. The van der Waals surface area contributed by atoms with Crippen molar-refractivity contribution in [2.45, 2.75) is 52.4 Å². The molecule has 8 rings (SSSR count). The SMILES string of the molecule is CC(C)(C)c1cc(-c2cc(-c3ccccc3)ccn2)[c-]c(-c2cccc3c2nc(-c2ccccc2O)n3-c2ccc(C(C)(C)C)cc2-c2ccccc2)c1.[Pt]. The summed E-state index contributed by atoms with van der Waals surface area (Å²) in [4.78, 5) is 10.3. The fourth-order valence-electron chi connectivity index (χ4n) is 7.12. The maximum atomic E-state index is 11.3. The van der Waals surface area contributed by atoms with Gasteiger partial charge < -0.3 is 5.11 Å². The van der Waals surface area contributed by atoms with E-state index in [-0.39, 0.29) is 37.6 Å². The van der Waals surface area contributed by atoms with E-state index in [2.05, 4.69) is 161 Å². The summed E-state index contributed by atoms with van der Waals surface area (Å²) in [5.41, 5.74) is 13.8. The molecule has 0 bridgehead atoms. The van der Waals surface area contributed by atoms with Gasteiger partial charge in [-0.05, 0) is 69.5 Å². The van der Waals surface area contributed by atoms with Crippen LogP contribution in [0.25, 0.3) is 72.7 Å². The van der Waals surface area contributed by atoms with Gasteiger partial charge in [-0.2, -0.15) is 0 Å². The molecular formula is C50H44N3OPt-. The minimum absolute atomic E-state index is 0. The standard InChI is InChI=1S/C50H44N3O.Pt/c1-49(2,3)38-24-25-44(42(32-38)34-18-11-8-12-19-34)53-45-22-15-21-40(47(45)52-48(53)41-20-13-14-23-46(41)54)36-28-37(30-39(29-36)50(4,5)6)43-31-35(26-27-51-43)33-16-9-7-10-17-33;/h7-27,29-32,54H,1-6H3;/q-1;. The first kappa shape index (κ1) is 37.7. The molecule has 5 heteroatoms. The van der Waals surface area contributed by atoms with Gasteiger partial charge in [0.25, 0.3) is 0 Å². The van der Waals surface area contributed by atoms with Gasteiger partial charge in [0.15, 0.2) is 0 Å². The normalized spacial score (nSPS) is 11.7. The zero-order valence-electron chi connectivity index (χ0n) is 32.0. The number of imidazole rings is 1. The van der Waals surface area contributed by atoms with Crippen LogP contribution in [0.3, 0.4) is 0 Å². The predicted octanol–water partition coefficient (Wildman–Crippen LogP) is 12.9. The Hall–Kier alpha value is -5.57. The minimum atomic E-state index is -0.136. The molecule has 0 aliphatic heterocycles. The fraction of sp³-hybridized carbons (Fsp3) is 0.160. The van der Waals surface area contributed by atoms with Gasteiger partial charge >= 0.3 is 0 Å². The predicted molar refractivity (Wildman–Crippen MR) is 224 cm³/mol. The summed E-state index contributed by atoms with van der Waals surface area (Å²) in [7, 11) is 0. The van der Waals surface area contributed by atoms with E-state index in [9.17, 15) is 5.11 Å². The molecule has 0 radical (unpaired) electrons. The zero-order valence-corrected chi connectivity index (χ0v) is 34.3. The summed E-state index contributed by atoms with van der Waals surface area (Å²) in [6.45, 7) is 13.4. The Bertz CT molecular complexity index is 2630. The van der Waals surface area contributed by atoms with E-state index in [0.29, 0.717) is 11.4 Å². The minimum Gasteiger partial charge on any atom is -0.507 e. The molecule has 6 aromatic carbocycles. The molecule has 0 aliphatic rings. The second kappa shape index (κ2) is 14.9. The number of rotatable bonds is 6. The molecule has 276 valence electrons. The zero-order chi connectivity index (χ0) is 37.6.